The van der Waals surface area contributed by atoms with E-state index < -0.39 is 0 Å². The zero-order valence-electron chi connectivity index (χ0n) is 9.76. The van der Waals surface area contributed by atoms with Crippen molar-refractivity contribution in [3.05, 3.63) is 12.3 Å². The Hall–Kier alpha value is -0.870. The molecule has 1 aromatic heterocycles. The van der Waals surface area contributed by atoms with Crippen molar-refractivity contribution >= 4 is 42.0 Å². The summed E-state index contributed by atoms with van der Waals surface area (Å²) in [5.41, 5.74) is 12.9. The van der Waals surface area contributed by atoms with E-state index in [2.05, 4.69) is 9.88 Å². The molecule has 1 saturated heterocycles. The van der Waals surface area contributed by atoms with Crippen molar-refractivity contribution in [3.63, 3.8) is 0 Å². The van der Waals surface area contributed by atoms with Gasteiger partial charge in [0.25, 0.3) is 0 Å². The first kappa shape index (κ1) is 16.1. The van der Waals surface area contributed by atoms with Gasteiger partial charge in [-0.1, -0.05) is 12.8 Å². The van der Waals surface area contributed by atoms with Gasteiger partial charge in [-0.2, -0.15) is 0 Å². The van der Waals surface area contributed by atoms with E-state index in [4.69, 9.17) is 11.5 Å². The van der Waals surface area contributed by atoms with E-state index in [0.29, 0.717) is 11.4 Å². The van der Waals surface area contributed by atoms with Crippen LogP contribution in [-0.2, 0) is 0 Å². The first-order chi connectivity index (χ1) is 7.27. The molecule has 0 radical (unpaired) electrons. The Kier molecular flexibility index (Phi) is 7.07. The molecule has 17 heavy (non-hydrogen) atoms. The molecule has 0 spiro atoms. The normalized spacial score (nSPS) is 15.4. The molecule has 1 aromatic rings. The zero-order chi connectivity index (χ0) is 10.7. The summed E-state index contributed by atoms with van der Waals surface area (Å²) < 4.78 is 0. The SMILES string of the molecule is Cl.Cl.Nc1cnc(N2CCCCCC2)c(N)c1. The second-order valence-corrected chi connectivity index (χ2v) is 4.08. The fourth-order valence-electron chi connectivity index (χ4n) is 2.04. The minimum absolute atomic E-state index is 0. The third-order valence-corrected chi connectivity index (χ3v) is 2.82. The van der Waals surface area contributed by atoms with Gasteiger partial charge in [-0.25, -0.2) is 4.98 Å². The van der Waals surface area contributed by atoms with Crippen LogP contribution in [0.1, 0.15) is 25.7 Å². The molecule has 0 atom stereocenters. The highest BCUT2D eigenvalue weighted by Gasteiger charge is 2.13. The molecule has 2 rings (SSSR count). The lowest BCUT2D eigenvalue weighted by Crippen LogP contribution is -2.25. The highest BCUT2D eigenvalue weighted by molar-refractivity contribution is 5.85. The van der Waals surface area contributed by atoms with E-state index in [0.717, 1.165) is 18.9 Å². The first-order valence-electron chi connectivity index (χ1n) is 5.53. The van der Waals surface area contributed by atoms with Crippen molar-refractivity contribution in [1.82, 2.24) is 4.98 Å². The van der Waals surface area contributed by atoms with Gasteiger partial charge in [0, 0.05) is 13.1 Å². The quantitative estimate of drug-likeness (QED) is 0.828. The van der Waals surface area contributed by atoms with Gasteiger partial charge in [0.15, 0.2) is 5.82 Å². The average molecular weight is 279 g/mol. The summed E-state index contributed by atoms with van der Waals surface area (Å²) in [6.07, 6.45) is 6.75. The molecule has 1 aliphatic heterocycles. The van der Waals surface area contributed by atoms with Crippen LogP contribution in [-0.4, -0.2) is 18.1 Å². The van der Waals surface area contributed by atoms with Crippen molar-refractivity contribution in [1.29, 1.82) is 0 Å². The van der Waals surface area contributed by atoms with Gasteiger partial charge in [0.1, 0.15) is 0 Å². The molecule has 6 heteroatoms. The molecule has 4 nitrogen and oxygen atoms in total. The summed E-state index contributed by atoms with van der Waals surface area (Å²) in [5.74, 6) is 0.895. The third-order valence-electron chi connectivity index (χ3n) is 2.82. The number of nitrogens with two attached hydrogens (primary N) is 2. The predicted octanol–water partition coefficient (Wildman–Crippen LogP) is 2.47. The van der Waals surface area contributed by atoms with E-state index in [9.17, 15) is 0 Å². The van der Waals surface area contributed by atoms with Gasteiger partial charge in [0.2, 0.25) is 0 Å². The smallest absolute Gasteiger partial charge is 0.151 e. The van der Waals surface area contributed by atoms with Crippen molar-refractivity contribution in [2.75, 3.05) is 29.5 Å². The maximum absolute atomic E-state index is 5.92. The fourth-order valence-corrected chi connectivity index (χ4v) is 2.04. The van der Waals surface area contributed by atoms with Crippen LogP contribution in [0, 0.1) is 0 Å². The second-order valence-electron chi connectivity index (χ2n) is 4.08. The molecule has 0 amide bonds. The number of rotatable bonds is 1. The van der Waals surface area contributed by atoms with E-state index >= 15 is 0 Å². The van der Waals surface area contributed by atoms with Crippen molar-refractivity contribution in [2.24, 2.45) is 0 Å². The first-order valence-corrected chi connectivity index (χ1v) is 5.53. The van der Waals surface area contributed by atoms with Crippen LogP contribution in [0.15, 0.2) is 12.3 Å². The third kappa shape index (κ3) is 4.13. The maximum atomic E-state index is 5.92. The van der Waals surface area contributed by atoms with Gasteiger partial charge in [-0.05, 0) is 18.9 Å². The van der Waals surface area contributed by atoms with Crippen LogP contribution in [0.3, 0.4) is 0 Å². The van der Waals surface area contributed by atoms with Crippen LogP contribution in [0.4, 0.5) is 17.2 Å². The zero-order valence-corrected chi connectivity index (χ0v) is 11.4. The predicted molar refractivity (Wildman–Crippen MR) is 78.2 cm³/mol. The Morgan fingerprint density at radius 1 is 1.00 bits per heavy atom. The Morgan fingerprint density at radius 3 is 2.12 bits per heavy atom. The highest BCUT2D eigenvalue weighted by Crippen LogP contribution is 2.24. The number of anilines is 3. The maximum Gasteiger partial charge on any atom is 0.151 e. The number of nitrogen functional groups attached to an aromatic ring is 2. The fraction of sp³-hybridized carbons (Fsp3) is 0.545. The van der Waals surface area contributed by atoms with E-state index in [1.165, 1.54) is 25.7 Å². The molecular formula is C11H20Cl2N4. The molecule has 0 saturated carbocycles. The molecule has 0 aliphatic carbocycles. The minimum atomic E-state index is 0. The molecule has 4 N–H and O–H groups in total. The Bertz CT molecular complexity index is 338. The van der Waals surface area contributed by atoms with E-state index in [1.807, 2.05) is 0 Å². The summed E-state index contributed by atoms with van der Waals surface area (Å²) in [6, 6.07) is 1.78. The van der Waals surface area contributed by atoms with Gasteiger partial charge in [0.05, 0.1) is 17.6 Å². The second kappa shape index (κ2) is 7.45. The molecule has 1 fully saturated rings. The molecule has 2 heterocycles. The van der Waals surface area contributed by atoms with Crippen LogP contribution in [0.5, 0.6) is 0 Å². The highest BCUT2D eigenvalue weighted by atomic mass is 35.5. The summed E-state index contributed by atoms with van der Waals surface area (Å²) in [4.78, 5) is 6.58. The van der Waals surface area contributed by atoms with Crippen LogP contribution in [0.2, 0.25) is 0 Å². The molecule has 0 aromatic carbocycles. The molecule has 0 bridgehead atoms. The summed E-state index contributed by atoms with van der Waals surface area (Å²) in [5, 5.41) is 0. The van der Waals surface area contributed by atoms with Crippen molar-refractivity contribution in [3.8, 4) is 0 Å². The lowest BCUT2D eigenvalue weighted by Gasteiger charge is -2.22. The van der Waals surface area contributed by atoms with Crippen LogP contribution in [0.25, 0.3) is 0 Å². The summed E-state index contributed by atoms with van der Waals surface area (Å²) >= 11 is 0. The Labute approximate surface area is 115 Å². The van der Waals surface area contributed by atoms with Gasteiger partial charge >= 0.3 is 0 Å². The largest absolute Gasteiger partial charge is 0.397 e. The number of pyridine rings is 1. The van der Waals surface area contributed by atoms with E-state index in [-0.39, 0.29) is 24.8 Å². The summed E-state index contributed by atoms with van der Waals surface area (Å²) in [6.45, 7) is 2.11. The van der Waals surface area contributed by atoms with Gasteiger partial charge < -0.3 is 16.4 Å². The monoisotopic (exact) mass is 278 g/mol. The molecular weight excluding hydrogens is 259 g/mol. The van der Waals surface area contributed by atoms with Crippen molar-refractivity contribution in [2.45, 2.75) is 25.7 Å². The van der Waals surface area contributed by atoms with Crippen molar-refractivity contribution < 1.29 is 0 Å². The number of nitrogens with zero attached hydrogens (tertiary/aromatic N) is 2. The number of hydrogen-bond donors (Lipinski definition) is 2. The molecule has 0 unspecified atom stereocenters. The average Bonchev–Trinajstić information content (AvgIpc) is 2.46. The van der Waals surface area contributed by atoms with Gasteiger partial charge in [-0.3, -0.25) is 0 Å². The number of halogens is 2. The molecule has 1 aliphatic rings. The van der Waals surface area contributed by atoms with Crippen LogP contribution >= 0.6 is 24.8 Å². The Morgan fingerprint density at radius 2 is 1.59 bits per heavy atom. The Balaban J connectivity index is 0.00000128. The van der Waals surface area contributed by atoms with Gasteiger partial charge in [-0.15, -0.1) is 24.8 Å². The van der Waals surface area contributed by atoms with E-state index in [1.54, 1.807) is 12.3 Å². The van der Waals surface area contributed by atoms with Crippen LogP contribution < -0.4 is 16.4 Å². The lowest BCUT2D eigenvalue weighted by atomic mass is 10.2. The minimum Gasteiger partial charge on any atom is -0.397 e. The topological polar surface area (TPSA) is 68.2 Å². The number of hydrogen-bond acceptors (Lipinski definition) is 4. The number of aromatic nitrogens is 1. The molecule has 98 valence electrons. The lowest BCUT2D eigenvalue weighted by molar-refractivity contribution is 0.726. The standard InChI is InChI=1S/C11H18N4.2ClH/c12-9-7-10(13)11(14-8-9)15-5-3-1-2-4-6-15;;/h7-8H,1-6,12-13H2;2*1H. The summed E-state index contributed by atoms with van der Waals surface area (Å²) in [7, 11) is 0.